The number of aliphatic hydroxyl groups is 1. The van der Waals surface area contributed by atoms with Crippen molar-refractivity contribution < 1.29 is 27.1 Å². The lowest BCUT2D eigenvalue weighted by molar-refractivity contribution is -0.137. The van der Waals surface area contributed by atoms with Gasteiger partial charge in [-0.1, -0.05) is 23.7 Å². The second-order valence-electron chi connectivity index (χ2n) is 4.31. The molecule has 0 aliphatic carbocycles. The smallest absolute Gasteiger partial charge is 0.384 e. The van der Waals surface area contributed by atoms with E-state index in [1.54, 1.807) is 0 Å². The van der Waals surface area contributed by atoms with Crippen molar-refractivity contribution in [1.82, 2.24) is 0 Å². The fraction of sp³-hybridized carbons (Fsp3) is 0.143. The summed E-state index contributed by atoms with van der Waals surface area (Å²) in [5.74, 6) is -1.88. The van der Waals surface area contributed by atoms with Gasteiger partial charge in [-0.15, -0.1) is 0 Å². The Labute approximate surface area is 121 Å². The van der Waals surface area contributed by atoms with E-state index >= 15 is 0 Å². The molecule has 1 unspecified atom stereocenters. The lowest BCUT2D eigenvalue weighted by Gasteiger charge is -2.14. The average Bonchev–Trinajstić information content (AvgIpc) is 2.41. The highest BCUT2D eigenvalue weighted by atomic mass is 35.5. The summed E-state index contributed by atoms with van der Waals surface area (Å²) in [6.07, 6.45) is -6.11. The van der Waals surface area contributed by atoms with Gasteiger partial charge >= 0.3 is 6.18 Å². The van der Waals surface area contributed by atoms with E-state index in [0.717, 1.165) is 24.3 Å². The van der Waals surface area contributed by atoms with E-state index in [1.807, 2.05) is 0 Å². The molecule has 2 aromatic carbocycles. The summed E-state index contributed by atoms with van der Waals surface area (Å²) in [6.45, 7) is 0. The number of hydrogen-bond donors (Lipinski definition) is 1. The van der Waals surface area contributed by atoms with E-state index in [9.17, 15) is 27.1 Å². The van der Waals surface area contributed by atoms with E-state index in [0.29, 0.717) is 12.1 Å². The largest absolute Gasteiger partial charge is 0.416 e. The number of halogens is 6. The third-order valence-electron chi connectivity index (χ3n) is 2.89. The quantitative estimate of drug-likeness (QED) is 0.626. The molecule has 21 heavy (non-hydrogen) atoms. The Balaban J connectivity index is 2.36. The van der Waals surface area contributed by atoms with Crippen molar-refractivity contribution in [3.63, 3.8) is 0 Å². The highest BCUT2D eigenvalue weighted by molar-refractivity contribution is 6.30. The van der Waals surface area contributed by atoms with Gasteiger partial charge < -0.3 is 5.11 Å². The van der Waals surface area contributed by atoms with E-state index < -0.39 is 40.1 Å². The lowest BCUT2D eigenvalue weighted by Crippen LogP contribution is -2.07. The first-order chi connectivity index (χ1) is 9.70. The van der Waals surface area contributed by atoms with E-state index in [4.69, 9.17) is 11.6 Å². The summed E-state index contributed by atoms with van der Waals surface area (Å²) in [6, 6.07) is 4.91. The van der Waals surface area contributed by atoms with E-state index in [2.05, 4.69) is 0 Å². The molecule has 2 aromatic rings. The number of hydrogen-bond acceptors (Lipinski definition) is 1. The maximum Gasteiger partial charge on any atom is 0.416 e. The average molecular weight is 323 g/mol. The molecule has 2 rings (SSSR count). The van der Waals surface area contributed by atoms with Crippen LogP contribution < -0.4 is 0 Å². The summed E-state index contributed by atoms with van der Waals surface area (Å²) < 4.78 is 64.2. The lowest BCUT2D eigenvalue weighted by atomic mass is 9.99. The molecule has 1 atom stereocenters. The molecule has 0 aromatic heterocycles. The van der Waals surface area contributed by atoms with Crippen molar-refractivity contribution in [2.75, 3.05) is 0 Å². The maximum atomic E-state index is 13.6. The summed E-state index contributed by atoms with van der Waals surface area (Å²) in [5, 5.41) is 9.50. The Morgan fingerprint density at radius 2 is 1.52 bits per heavy atom. The molecule has 112 valence electrons. The Hall–Kier alpha value is -1.66. The molecule has 0 bridgehead atoms. The van der Waals surface area contributed by atoms with Crippen LogP contribution in [0.2, 0.25) is 5.02 Å². The Kier molecular flexibility index (Phi) is 4.20. The van der Waals surface area contributed by atoms with Gasteiger partial charge in [0.1, 0.15) is 17.7 Å². The summed E-state index contributed by atoms with van der Waals surface area (Å²) in [5.41, 5.74) is -1.30. The molecule has 0 aliphatic heterocycles. The zero-order valence-corrected chi connectivity index (χ0v) is 11.0. The number of alkyl halides is 3. The van der Waals surface area contributed by atoms with Crippen LogP contribution >= 0.6 is 11.6 Å². The van der Waals surface area contributed by atoms with Crippen molar-refractivity contribution in [1.29, 1.82) is 0 Å². The van der Waals surface area contributed by atoms with Crippen molar-refractivity contribution in [2.45, 2.75) is 12.3 Å². The van der Waals surface area contributed by atoms with Crippen LogP contribution in [0.5, 0.6) is 0 Å². The molecule has 0 saturated heterocycles. The first-order valence-electron chi connectivity index (χ1n) is 5.70. The minimum absolute atomic E-state index is 0.00335. The normalized spacial score (nSPS) is 13.3. The minimum Gasteiger partial charge on any atom is -0.384 e. The number of aliphatic hydroxyl groups excluding tert-OH is 1. The summed E-state index contributed by atoms with van der Waals surface area (Å²) in [4.78, 5) is 0. The van der Waals surface area contributed by atoms with E-state index in [-0.39, 0.29) is 5.56 Å². The van der Waals surface area contributed by atoms with Crippen LogP contribution in [-0.2, 0) is 6.18 Å². The SMILES string of the molecule is OC(c1ccc(C(F)(F)F)cc1)c1cc(F)c(Cl)cc1F. The van der Waals surface area contributed by atoms with Crippen LogP contribution in [0.25, 0.3) is 0 Å². The molecular weight excluding hydrogens is 315 g/mol. The molecule has 0 spiro atoms. The van der Waals surface area contributed by atoms with Gasteiger partial charge in [-0.2, -0.15) is 13.2 Å². The molecular formula is C14H8ClF5O. The molecule has 7 heteroatoms. The van der Waals surface area contributed by atoms with Gasteiger partial charge in [-0.3, -0.25) is 0 Å². The Bertz CT molecular complexity index is 652. The molecule has 0 fully saturated rings. The third kappa shape index (κ3) is 3.33. The number of rotatable bonds is 2. The molecule has 0 aliphatic rings. The predicted octanol–water partition coefficient (Wildman–Crippen LogP) is 4.72. The minimum atomic E-state index is -4.51. The van der Waals surface area contributed by atoms with Crippen molar-refractivity contribution in [3.8, 4) is 0 Å². The second-order valence-corrected chi connectivity index (χ2v) is 4.72. The predicted molar refractivity (Wildman–Crippen MR) is 66.9 cm³/mol. The molecule has 1 nitrogen and oxygen atoms in total. The van der Waals surface area contributed by atoms with Crippen LogP contribution in [-0.4, -0.2) is 5.11 Å². The molecule has 0 heterocycles. The van der Waals surface area contributed by atoms with E-state index in [1.165, 1.54) is 0 Å². The van der Waals surface area contributed by atoms with Gasteiger partial charge in [-0.25, -0.2) is 8.78 Å². The first-order valence-corrected chi connectivity index (χ1v) is 6.07. The van der Waals surface area contributed by atoms with Crippen LogP contribution in [0.1, 0.15) is 22.8 Å². The van der Waals surface area contributed by atoms with Gasteiger partial charge in [-0.05, 0) is 29.8 Å². The highest BCUT2D eigenvalue weighted by Gasteiger charge is 2.30. The zero-order chi connectivity index (χ0) is 15.8. The Morgan fingerprint density at radius 3 is 2.05 bits per heavy atom. The van der Waals surface area contributed by atoms with Crippen molar-refractivity contribution in [2.24, 2.45) is 0 Å². The second kappa shape index (κ2) is 5.61. The van der Waals surface area contributed by atoms with Crippen LogP contribution in [0.4, 0.5) is 22.0 Å². The summed E-state index contributed by atoms with van der Waals surface area (Å²) in [7, 11) is 0. The Morgan fingerprint density at radius 1 is 0.952 bits per heavy atom. The van der Waals surface area contributed by atoms with Crippen molar-refractivity contribution >= 4 is 11.6 Å². The standard InChI is InChI=1S/C14H8ClF5O/c15-10-6-11(16)9(5-12(10)17)13(21)7-1-3-8(4-2-7)14(18,19)20/h1-6,13,21H. The maximum absolute atomic E-state index is 13.6. The topological polar surface area (TPSA) is 20.2 Å². The van der Waals surface area contributed by atoms with Gasteiger partial charge in [0.05, 0.1) is 10.6 Å². The summed E-state index contributed by atoms with van der Waals surface area (Å²) >= 11 is 5.39. The zero-order valence-electron chi connectivity index (χ0n) is 10.3. The number of benzene rings is 2. The van der Waals surface area contributed by atoms with Gasteiger partial charge in [0.25, 0.3) is 0 Å². The fourth-order valence-corrected chi connectivity index (χ4v) is 1.93. The van der Waals surface area contributed by atoms with Crippen LogP contribution in [0, 0.1) is 11.6 Å². The van der Waals surface area contributed by atoms with Crippen LogP contribution in [0.3, 0.4) is 0 Å². The van der Waals surface area contributed by atoms with Crippen molar-refractivity contribution in [3.05, 3.63) is 69.7 Å². The third-order valence-corrected chi connectivity index (χ3v) is 3.18. The monoisotopic (exact) mass is 322 g/mol. The van der Waals surface area contributed by atoms with Gasteiger partial charge in [0.2, 0.25) is 0 Å². The van der Waals surface area contributed by atoms with Gasteiger partial charge in [0, 0.05) is 5.56 Å². The van der Waals surface area contributed by atoms with Crippen LogP contribution in [0.15, 0.2) is 36.4 Å². The van der Waals surface area contributed by atoms with Gasteiger partial charge in [0.15, 0.2) is 0 Å². The highest BCUT2D eigenvalue weighted by Crippen LogP contribution is 2.32. The molecule has 0 saturated carbocycles. The molecule has 0 amide bonds. The fourth-order valence-electron chi connectivity index (χ4n) is 1.78. The molecule has 0 radical (unpaired) electrons. The first kappa shape index (κ1) is 15.7. The molecule has 1 N–H and O–H groups in total.